The number of aromatic nitrogens is 2. The topological polar surface area (TPSA) is 61.3 Å². The number of hydrogen-bond acceptors (Lipinski definition) is 5. The fourth-order valence-electron chi connectivity index (χ4n) is 5.05. The van der Waals surface area contributed by atoms with E-state index in [1.54, 1.807) is 18.6 Å². The van der Waals surface area contributed by atoms with Crippen LogP contribution in [0, 0.1) is 11.8 Å². The van der Waals surface area contributed by atoms with Gasteiger partial charge in [0.1, 0.15) is 5.82 Å². The molecule has 5 nitrogen and oxygen atoms in total. The van der Waals surface area contributed by atoms with Gasteiger partial charge in [0, 0.05) is 32.0 Å². The lowest BCUT2D eigenvalue weighted by Crippen LogP contribution is -2.43. The summed E-state index contributed by atoms with van der Waals surface area (Å²) in [7, 11) is 0. The van der Waals surface area contributed by atoms with Crippen LogP contribution >= 0.6 is 0 Å². The van der Waals surface area contributed by atoms with Crippen LogP contribution in [-0.4, -0.2) is 45.2 Å². The number of benzene rings is 2. The van der Waals surface area contributed by atoms with Crippen molar-refractivity contribution in [3.8, 4) is 0 Å². The van der Waals surface area contributed by atoms with Crippen molar-refractivity contribution in [3.63, 3.8) is 0 Å². The number of hydrogen-bond donors (Lipinski definition) is 2. The van der Waals surface area contributed by atoms with Gasteiger partial charge in [0.05, 0.1) is 18.3 Å². The number of aliphatic hydroxyl groups excluding tert-OH is 1. The summed E-state index contributed by atoms with van der Waals surface area (Å²) in [6, 6.07) is 15.3. The van der Waals surface area contributed by atoms with Crippen LogP contribution in [0.2, 0.25) is 0 Å². The van der Waals surface area contributed by atoms with Crippen molar-refractivity contribution in [2.75, 3.05) is 18.4 Å². The van der Waals surface area contributed by atoms with Gasteiger partial charge in [-0.25, -0.2) is 4.98 Å². The summed E-state index contributed by atoms with van der Waals surface area (Å²) >= 11 is 0. The number of rotatable bonds is 4. The minimum atomic E-state index is -0.333. The Bertz CT molecular complexity index is 942. The van der Waals surface area contributed by atoms with Gasteiger partial charge in [-0.15, -0.1) is 0 Å². The van der Waals surface area contributed by atoms with E-state index in [1.807, 2.05) is 0 Å². The van der Waals surface area contributed by atoms with Crippen molar-refractivity contribution < 1.29 is 5.11 Å². The highest BCUT2D eigenvalue weighted by molar-refractivity contribution is 5.85. The van der Waals surface area contributed by atoms with Crippen molar-refractivity contribution in [2.24, 2.45) is 11.8 Å². The lowest BCUT2D eigenvalue weighted by atomic mass is 9.77. The second-order valence-corrected chi connectivity index (χ2v) is 8.23. The molecule has 0 bridgehead atoms. The molecule has 5 rings (SSSR count). The predicted molar refractivity (Wildman–Crippen MR) is 111 cm³/mol. The molecule has 1 aromatic heterocycles. The molecule has 1 saturated carbocycles. The third-order valence-corrected chi connectivity index (χ3v) is 6.39. The molecule has 1 saturated heterocycles. The number of aliphatic hydroxyl groups is 1. The van der Waals surface area contributed by atoms with E-state index in [-0.39, 0.29) is 12.1 Å². The van der Waals surface area contributed by atoms with Crippen molar-refractivity contribution in [2.45, 2.75) is 31.5 Å². The van der Waals surface area contributed by atoms with Crippen LogP contribution in [0.15, 0.2) is 61.1 Å². The van der Waals surface area contributed by atoms with E-state index in [2.05, 4.69) is 62.6 Å². The van der Waals surface area contributed by atoms with E-state index in [4.69, 9.17) is 0 Å². The zero-order chi connectivity index (χ0) is 18.9. The van der Waals surface area contributed by atoms with Gasteiger partial charge < -0.3 is 10.4 Å². The SMILES string of the molecule is O[C@@H]1C[C@H]2CN(Cc3cccc4ccccc34)C[C@H]2C[C@H]1Nc1cnccn1. The molecule has 2 aromatic carbocycles. The minimum absolute atomic E-state index is 0.0513. The van der Waals surface area contributed by atoms with Crippen molar-refractivity contribution in [1.29, 1.82) is 0 Å². The number of anilines is 1. The highest BCUT2D eigenvalue weighted by Gasteiger charge is 2.41. The van der Waals surface area contributed by atoms with Gasteiger partial charge in [0.15, 0.2) is 0 Å². The molecule has 2 fully saturated rings. The molecule has 1 aliphatic heterocycles. The molecule has 3 aromatic rings. The quantitative estimate of drug-likeness (QED) is 0.734. The number of nitrogens with one attached hydrogen (secondary N) is 1. The molecule has 144 valence electrons. The molecule has 2 N–H and O–H groups in total. The van der Waals surface area contributed by atoms with Crippen molar-refractivity contribution >= 4 is 16.6 Å². The fourth-order valence-corrected chi connectivity index (χ4v) is 5.05. The average molecular weight is 374 g/mol. The summed E-state index contributed by atoms with van der Waals surface area (Å²) in [4.78, 5) is 11.0. The zero-order valence-corrected chi connectivity index (χ0v) is 15.9. The Labute approximate surface area is 165 Å². The van der Waals surface area contributed by atoms with Crippen LogP contribution in [0.4, 0.5) is 5.82 Å². The maximum absolute atomic E-state index is 10.7. The summed E-state index contributed by atoms with van der Waals surface area (Å²) < 4.78 is 0. The summed E-state index contributed by atoms with van der Waals surface area (Å²) in [5.74, 6) is 1.94. The number of nitrogens with zero attached hydrogens (tertiary/aromatic N) is 3. The zero-order valence-electron chi connectivity index (χ0n) is 15.9. The van der Waals surface area contributed by atoms with Gasteiger partial charge in [-0.2, -0.15) is 0 Å². The first kappa shape index (κ1) is 17.6. The van der Waals surface area contributed by atoms with Crippen LogP contribution in [-0.2, 0) is 6.54 Å². The first-order chi connectivity index (χ1) is 13.8. The van der Waals surface area contributed by atoms with Crippen LogP contribution in [0.3, 0.4) is 0 Å². The highest BCUT2D eigenvalue weighted by Crippen LogP contribution is 2.38. The van der Waals surface area contributed by atoms with E-state index in [0.29, 0.717) is 11.8 Å². The fraction of sp³-hybridized carbons (Fsp3) is 0.391. The van der Waals surface area contributed by atoms with E-state index < -0.39 is 0 Å². The molecule has 5 heteroatoms. The monoisotopic (exact) mass is 374 g/mol. The van der Waals surface area contributed by atoms with E-state index >= 15 is 0 Å². The Balaban J connectivity index is 1.27. The molecule has 2 heterocycles. The molecular weight excluding hydrogens is 348 g/mol. The minimum Gasteiger partial charge on any atom is -0.391 e. The van der Waals surface area contributed by atoms with Crippen LogP contribution < -0.4 is 5.32 Å². The molecule has 0 spiro atoms. The third kappa shape index (κ3) is 3.48. The van der Waals surface area contributed by atoms with Gasteiger partial charge in [0.25, 0.3) is 0 Å². The second-order valence-electron chi connectivity index (χ2n) is 8.23. The van der Waals surface area contributed by atoms with Gasteiger partial charge >= 0.3 is 0 Å². The lowest BCUT2D eigenvalue weighted by Gasteiger charge is -2.35. The van der Waals surface area contributed by atoms with Gasteiger partial charge in [0.2, 0.25) is 0 Å². The molecule has 0 unspecified atom stereocenters. The second kappa shape index (κ2) is 7.49. The van der Waals surface area contributed by atoms with Crippen LogP contribution in [0.25, 0.3) is 10.8 Å². The summed E-state index contributed by atoms with van der Waals surface area (Å²) in [6.07, 6.45) is 6.58. The molecule has 4 atom stereocenters. The number of likely N-dealkylation sites (tertiary alicyclic amines) is 1. The van der Waals surface area contributed by atoms with E-state index in [9.17, 15) is 5.11 Å². The lowest BCUT2D eigenvalue weighted by molar-refractivity contribution is 0.0735. The maximum atomic E-state index is 10.7. The first-order valence-corrected chi connectivity index (χ1v) is 10.2. The molecule has 28 heavy (non-hydrogen) atoms. The normalized spacial score (nSPS) is 27.6. The number of fused-ring (bicyclic) bond motifs is 2. The Kier molecular flexibility index (Phi) is 4.71. The van der Waals surface area contributed by atoms with E-state index in [1.165, 1.54) is 16.3 Å². The van der Waals surface area contributed by atoms with Gasteiger partial charge in [-0.3, -0.25) is 9.88 Å². The van der Waals surface area contributed by atoms with E-state index in [0.717, 1.165) is 38.3 Å². The van der Waals surface area contributed by atoms with Crippen LogP contribution in [0.1, 0.15) is 18.4 Å². The maximum Gasteiger partial charge on any atom is 0.144 e. The summed E-state index contributed by atoms with van der Waals surface area (Å²) in [5.41, 5.74) is 1.39. The summed E-state index contributed by atoms with van der Waals surface area (Å²) in [6.45, 7) is 3.15. The Morgan fingerprint density at radius 3 is 2.68 bits per heavy atom. The molecule has 1 aliphatic carbocycles. The third-order valence-electron chi connectivity index (χ3n) is 6.39. The summed E-state index contributed by atoms with van der Waals surface area (Å²) in [5, 5.41) is 16.7. The Morgan fingerprint density at radius 2 is 1.82 bits per heavy atom. The first-order valence-electron chi connectivity index (χ1n) is 10.2. The standard InChI is InChI=1S/C23H26N4O/c28-22-11-19-15-27(13-17-6-3-5-16-4-1-2-7-20(16)17)14-18(19)10-21(22)26-23-12-24-8-9-25-23/h1-9,12,18-19,21-22,28H,10-11,13-15H2,(H,25,26)/t18-,19+,21-,22-/m1/s1. The van der Waals surface area contributed by atoms with Crippen LogP contribution in [0.5, 0.6) is 0 Å². The Hall–Kier alpha value is -2.50. The molecule has 0 radical (unpaired) electrons. The van der Waals surface area contributed by atoms with Gasteiger partial charge in [-0.1, -0.05) is 42.5 Å². The molecular formula is C23H26N4O. The smallest absolute Gasteiger partial charge is 0.144 e. The van der Waals surface area contributed by atoms with Gasteiger partial charge in [-0.05, 0) is 41.0 Å². The highest BCUT2D eigenvalue weighted by atomic mass is 16.3. The predicted octanol–water partition coefficient (Wildman–Crippen LogP) is 3.31. The Morgan fingerprint density at radius 1 is 1.00 bits per heavy atom. The molecule has 0 amide bonds. The average Bonchev–Trinajstić information content (AvgIpc) is 3.10. The largest absolute Gasteiger partial charge is 0.391 e. The van der Waals surface area contributed by atoms with Crippen molar-refractivity contribution in [3.05, 3.63) is 66.6 Å². The molecule has 2 aliphatic rings. The van der Waals surface area contributed by atoms with Crippen molar-refractivity contribution in [1.82, 2.24) is 14.9 Å².